The Balaban J connectivity index is 2.22. The molecule has 1 saturated heterocycles. The monoisotopic (exact) mass is 280 g/mol. The minimum Gasteiger partial charge on any atom is -0.477 e. The van der Waals surface area contributed by atoms with Crippen LogP contribution in [0.15, 0.2) is 16.9 Å². The fraction of sp³-hybridized carbons (Fsp3) is 0.571. The SMILES string of the molecule is CCN1CCOC(Cn2c(C)ccc(C(=O)O)c2=O)C1. The van der Waals surface area contributed by atoms with Gasteiger partial charge in [-0.05, 0) is 25.6 Å². The van der Waals surface area contributed by atoms with E-state index in [4.69, 9.17) is 9.84 Å². The summed E-state index contributed by atoms with van der Waals surface area (Å²) >= 11 is 0. The second-order valence-corrected chi connectivity index (χ2v) is 5.00. The molecular formula is C14H20N2O4. The Bertz CT molecular complexity index is 553. The highest BCUT2D eigenvalue weighted by Gasteiger charge is 2.21. The Kier molecular flexibility index (Phi) is 4.57. The van der Waals surface area contributed by atoms with Crippen LogP contribution in [-0.4, -0.2) is 52.9 Å². The van der Waals surface area contributed by atoms with E-state index in [1.54, 1.807) is 13.0 Å². The van der Waals surface area contributed by atoms with Gasteiger partial charge in [0.2, 0.25) is 0 Å². The molecule has 0 spiro atoms. The summed E-state index contributed by atoms with van der Waals surface area (Å²) in [5.74, 6) is -1.19. The quantitative estimate of drug-likeness (QED) is 0.873. The van der Waals surface area contributed by atoms with Crippen LogP contribution >= 0.6 is 0 Å². The Morgan fingerprint density at radius 1 is 1.50 bits per heavy atom. The fourth-order valence-corrected chi connectivity index (χ4v) is 2.44. The van der Waals surface area contributed by atoms with Gasteiger partial charge in [-0.2, -0.15) is 0 Å². The average molecular weight is 280 g/mol. The Hall–Kier alpha value is -1.66. The third kappa shape index (κ3) is 3.08. The predicted molar refractivity (Wildman–Crippen MR) is 74.3 cm³/mol. The van der Waals surface area contributed by atoms with Gasteiger partial charge in [-0.15, -0.1) is 0 Å². The summed E-state index contributed by atoms with van der Waals surface area (Å²) in [5, 5.41) is 9.01. The van der Waals surface area contributed by atoms with Crippen LogP contribution in [0.25, 0.3) is 0 Å². The van der Waals surface area contributed by atoms with Crippen LogP contribution in [0.3, 0.4) is 0 Å². The lowest BCUT2D eigenvalue weighted by Gasteiger charge is -2.32. The number of ether oxygens (including phenoxy) is 1. The number of aromatic carboxylic acids is 1. The van der Waals surface area contributed by atoms with E-state index in [0.717, 1.165) is 25.3 Å². The van der Waals surface area contributed by atoms with Crippen molar-refractivity contribution < 1.29 is 14.6 Å². The minimum atomic E-state index is -1.19. The average Bonchev–Trinajstić information content (AvgIpc) is 2.43. The predicted octanol–water partition coefficient (Wildman–Crippen LogP) is 0.576. The third-order valence-electron chi connectivity index (χ3n) is 3.68. The molecule has 6 nitrogen and oxygen atoms in total. The molecule has 0 aliphatic carbocycles. The third-order valence-corrected chi connectivity index (χ3v) is 3.68. The Labute approximate surface area is 117 Å². The molecule has 0 aromatic carbocycles. The number of carboxylic acids is 1. The van der Waals surface area contributed by atoms with Gasteiger partial charge in [0.25, 0.3) is 5.56 Å². The fourth-order valence-electron chi connectivity index (χ4n) is 2.44. The van der Waals surface area contributed by atoms with Gasteiger partial charge in [0.05, 0.1) is 19.3 Å². The van der Waals surface area contributed by atoms with Crippen molar-refractivity contribution in [2.45, 2.75) is 26.5 Å². The molecular weight excluding hydrogens is 260 g/mol. The zero-order valence-corrected chi connectivity index (χ0v) is 11.8. The van der Waals surface area contributed by atoms with Crippen molar-refractivity contribution in [2.75, 3.05) is 26.2 Å². The first-order valence-electron chi connectivity index (χ1n) is 6.80. The number of nitrogens with zero attached hydrogens (tertiary/aromatic N) is 2. The molecule has 1 fully saturated rings. The summed E-state index contributed by atoms with van der Waals surface area (Å²) < 4.78 is 7.17. The van der Waals surface area contributed by atoms with Gasteiger partial charge in [-0.25, -0.2) is 4.79 Å². The second kappa shape index (κ2) is 6.19. The van der Waals surface area contributed by atoms with E-state index in [9.17, 15) is 9.59 Å². The summed E-state index contributed by atoms with van der Waals surface area (Å²) in [4.78, 5) is 25.5. The van der Waals surface area contributed by atoms with E-state index in [0.29, 0.717) is 13.2 Å². The van der Waals surface area contributed by atoms with Crippen LogP contribution in [0.1, 0.15) is 23.0 Å². The molecule has 20 heavy (non-hydrogen) atoms. The second-order valence-electron chi connectivity index (χ2n) is 5.00. The molecule has 0 bridgehead atoms. The van der Waals surface area contributed by atoms with Gasteiger partial charge in [0.15, 0.2) is 0 Å². The van der Waals surface area contributed by atoms with Crippen molar-refractivity contribution >= 4 is 5.97 Å². The normalized spacial score (nSPS) is 20.0. The number of hydrogen-bond donors (Lipinski definition) is 1. The van der Waals surface area contributed by atoms with Gasteiger partial charge in [0, 0.05) is 18.8 Å². The molecule has 1 N–H and O–H groups in total. The topological polar surface area (TPSA) is 71.8 Å². The molecule has 0 radical (unpaired) electrons. The standard InChI is InChI=1S/C14H20N2O4/c1-3-15-6-7-20-11(8-15)9-16-10(2)4-5-12(13(16)17)14(18)19/h4-5,11H,3,6-9H2,1-2H3,(H,18,19). The number of aromatic nitrogens is 1. The van der Waals surface area contributed by atoms with Crippen LogP contribution in [0.5, 0.6) is 0 Å². The molecule has 0 saturated carbocycles. The van der Waals surface area contributed by atoms with Crippen molar-refractivity contribution in [3.05, 3.63) is 33.7 Å². The van der Waals surface area contributed by atoms with Crippen LogP contribution in [0, 0.1) is 6.92 Å². The van der Waals surface area contributed by atoms with Crippen molar-refractivity contribution in [1.29, 1.82) is 0 Å². The van der Waals surface area contributed by atoms with Crippen LogP contribution < -0.4 is 5.56 Å². The zero-order chi connectivity index (χ0) is 14.7. The largest absolute Gasteiger partial charge is 0.477 e. The first-order valence-corrected chi connectivity index (χ1v) is 6.80. The number of morpholine rings is 1. The summed E-state index contributed by atoms with van der Waals surface area (Å²) in [7, 11) is 0. The number of rotatable bonds is 4. The number of likely N-dealkylation sites (N-methyl/N-ethyl adjacent to an activating group) is 1. The molecule has 2 rings (SSSR count). The van der Waals surface area contributed by atoms with Crippen molar-refractivity contribution in [3.63, 3.8) is 0 Å². The number of aryl methyl sites for hydroxylation is 1. The lowest BCUT2D eigenvalue weighted by molar-refractivity contribution is -0.0350. The number of hydrogen-bond acceptors (Lipinski definition) is 4. The van der Waals surface area contributed by atoms with Gasteiger partial charge in [-0.1, -0.05) is 6.92 Å². The molecule has 1 unspecified atom stereocenters. The molecule has 1 aliphatic heterocycles. The maximum absolute atomic E-state index is 12.2. The van der Waals surface area contributed by atoms with Crippen LogP contribution in [0.2, 0.25) is 0 Å². The van der Waals surface area contributed by atoms with Crippen molar-refractivity contribution in [3.8, 4) is 0 Å². The molecule has 110 valence electrons. The first kappa shape index (κ1) is 14.7. The summed E-state index contributed by atoms with van der Waals surface area (Å²) in [6.07, 6.45) is -0.0795. The summed E-state index contributed by atoms with van der Waals surface area (Å²) in [5.41, 5.74) is 0.0886. The molecule has 6 heteroatoms. The molecule has 1 aromatic heterocycles. The van der Waals surface area contributed by atoms with Gasteiger partial charge in [-0.3, -0.25) is 9.69 Å². The maximum atomic E-state index is 12.2. The van der Waals surface area contributed by atoms with E-state index in [-0.39, 0.29) is 11.7 Å². The minimum absolute atomic E-state index is 0.0795. The highest BCUT2D eigenvalue weighted by atomic mass is 16.5. The molecule has 1 atom stereocenters. The van der Waals surface area contributed by atoms with Gasteiger partial charge >= 0.3 is 5.97 Å². The molecule has 2 heterocycles. The Morgan fingerprint density at radius 3 is 2.90 bits per heavy atom. The van der Waals surface area contributed by atoms with E-state index < -0.39 is 11.5 Å². The number of pyridine rings is 1. The van der Waals surface area contributed by atoms with Crippen LogP contribution in [-0.2, 0) is 11.3 Å². The van der Waals surface area contributed by atoms with E-state index >= 15 is 0 Å². The highest BCUT2D eigenvalue weighted by molar-refractivity contribution is 5.87. The molecule has 1 aromatic rings. The molecule has 1 aliphatic rings. The Morgan fingerprint density at radius 2 is 2.25 bits per heavy atom. The smallest absolute Gasteiger partial charge is 0.341 e. The lowest BCUT2D eigenvalue weighted by atomic mass is 10.2. The lowest BCUT2D eigenvalue weighted by Crippen LogP contribution is -2.45. The van der Waals surface area contributed by atoms with Crippen molar-refractivity contribution in [2.24, 2.45) is 0 Å². The van der Waals surface area contributed by atoms with Gasteiger partial charge in [0.1, 0.15) is 5.56 Å². The maximum Gasteiger partial charge on any atom is 0.341 e. The van der Waals surface area contributed by atoms with E-state index in [1.807, 2.05) is 0 Å². The first-order chi connectivity index (χ1) is 9.52. The molecule has 0 amide bonds. The number of carbonyl (C=O) groups is 1. The summed E-state index contributed by atoms with van der Waals surface area (Å²) in [6.45, 7) is 7.53. The summed E-state index contributed by atoms with van der Waals surface area (Å²) in [6, 6.07) is 3.02. The van der Waals surface area contributed by atoms with Crippen molar-refractivity contribution in [1.82, 2.24) is 9.47 Å². The highest BCUT2D eigenvalue weighted by Crippen LogP contribution is 2.08. The van der Waals surface area contributed by atoms with Crippen LogP contribution in [0.4, 0.5) is 0 Å². The zero-order valence-electron chi connectivity index (χ0n) is 11.8. The van der Waals surface area contributed by atoms with E-state index in [1.165, 1.54) is 10.6 Å². The number of carboxylic acid groups (broad SMARTS) is 1. The van der Waals surface area contributed by atoms with Gasteiger partial charge < -0.3 is 14.4 Å². The van der Waals surface area contributed by atoms with E-state index in [2.05, 4.69) is 11.8 Å².